The first-order valence-electron chi connectivity index (χ1n) is 8.39. The van der Waals surface area contributed by atoms with Crippen molar-refractivity contribution in [2.45, 2.75) is 26.7 Å². The van der Waals surface area contributed by atoms with E-state index in [1.165, 1.54) is 0 Å². The molecular formula is C20H21ClN2O3. The topological polar surface area (TPSA) is 67.4 Å². The summed E-state index contributed by atoms with van der Waals surface area (Å²) in [5.41, 5.74) is 2.03. The fourth-order valence-electron chi connectivity index (χ4n) is 2.91. The van der Waals surface area contributed by atoms with E-state index in [2.05, 4.69) is 10.6 Å². The second-order valence-electron chi connectivity index (χ2n) is 6.66. The average Bonchev–Trinajstić information content (AvgIpc) is 3.40. The van der Waals surface area contributed by atoms with Crippen molar-refractivity contribution in [2.75, 3.05) is 17.7 Å². The zero-order valence-corrected chi connectivity index (χ0v) is 15.7. The highest BCUT2D eigenvalue weighted by Gasteiger charge is 2.56. The minimum absolute atomic E-state index is 0.305. The Balaban J connectivity index is 1.73. The third-order valence-electron chi connectivity index (χ3n) is 4.64. The fraction of sp³-hybridized carbons (Fsp3) is 0.300. The zero-order valence-electron chi connectivity index (χ0n) is 15.0. The van der Waals surface area contributed by atoms with Crippen LogP contribution in [-0.2, 0) is 9.59 Å². The second kappa shape index (κ2) is 7.00. The number of aryl methyl sites for hydroxylation is 2. The minimum Gasteiger partial charge on any atom is -0.497 e. The molecule has 3 rings (SSSR count). The maximum Gasteiger partial charge on any atom is 0.240 e. The lowest BCUT2D eigenvalue weighted by Crippen LogP contribution is -2.35. The number of methoxy groups -OCH3 is 1. The highest BCUT2D eigenvalue weighted by molar-refractivity contribution is 6.34. The summed E-state index contributed by atoms with van der Waals surface area (Å²) in [4.78, 5) is 25.4. The molecule has 0 unspecified atom stereocenters. The summed E-state index contributed by atoms with van der Waals surface area (Å²) in [7, 11) is 1.58. The van der Waals surface area contributed by atoms with Gasteiger partial charge in [-0.15, -0.1) is 0 Å². The van der Waals surface area contributed by atoms with Gasteiger partial charge in [-0.3, -0.25) is 9.59 Å². The molecule has 1 aliphatic rings. The lowest BCUT2D eigenvalue weighted by Gasteiger charge is -2.18. The highest BCUT2D eigenvalue weighted by atomic mass is 35.5. The summed E-state index contributed by atoms with van der Waals surface area (Å²) >= 11 is 6.26. The van der Waals surface area contributed by atoms with Crippen LogP contribution in [0.1, 0.15) is 24.0 Å². The van der Waals surface area contributed by atoms with E-state index in [9.17, 15) is 9.59 Å². The van der Waals surface area contributed by atoms with E-state index in [1.54, 1.807) is 37.4 Å². The molecule has 2 aromatic rings. The zero-order chi connectivity index (χ0) is 18.9. The Morgan fingerprint density at radius 2 is 1.65 bits per heavy atom. The Morgan fingerprint density at radius 3 is 2.19 bits per heavy atom. The molecule has 1 saturated carbocycles. The van der Waals surface area contributed by atoms with Crippen molar-refractivity contribution in [1.82, 2.24) is 0 Å². The van der Waals surface area contributed by atoms with E-state index in [1.807, 2.05) is 19.9 Å². The molecule has 136 valence electrons. The van der Waals surface area contributed by atoms with Crippen LogP contribution in [0.3, 0.4) is 0 Å². The van der Waals surface area contributed by atoms with Gasteiger partial charge in [0.05, 0.1) is 17.8 Å². The van der Waals surface area contributed by atoms with Gasteiger partial charge in [0.1, 0.15) is 11.2 Å². The van der Waals surface area contributed by atoms with Gasteiger partial charge in [0.2, 0.25) is 11.8 Å². The van der Waals surface area contributed by atoms with Crippen LogP contribution in [-0.4, -0.2) is 18.9 Å². The van der Waals surface area contributed by atoms with Crippen molar-refractivity contribution in [3.8, 4) is 5.75 Å². The summed E-state index contributed by atoms with van der Waals surface area (Å²) in [5.74, 6) is 0.0739. The number of benzene rings is 2. The van der Waals surface area contributed by atoms with Gasteiger partial charge < -0.3 is 15.4 Å². The Morgan fingerprint density at radius 1 is 1.04 bits per heavy atom. The molecule has 26 heavy (non-hydrogen) atoms. The SMILES string of the molecule is COc1ccc(NC(=O)C2(C(=O)Nc3c(C)cc(C)cc3Cl)CC2)cc1. The smallest absolute Gasteiger partial charge is 0.240 e. The van der Waals surface area contributed by atoms with Gasteiger partial charge >= 0.3 is 0 Å². The van der Waals surface area contributed by atoms with Crippen LogP contribution in [0.2, 0.25) is 5.02 Å². The summed E-state index contributed by atoms with van der Waals surface area (Å²) in [6.07, 6.45) is 1.03. The Labute approximate surface area is 157 Å². The van der Waals surface area contributed by atoms with Crippen molar-refractivity contribution in [1.29, 1.82) is 0 Å². The van der Waals surface area contributed by atoms with Crippen molar-refractivity contribution in [3.63, 3.8) is 0 Å². The van der Waals surface area contributed by atoms with Gasteiger partial charge in [-0.25, -0.2) is 0 Å². The first-order chi connectivity index (χ1) is 12.4. The van der Waals surface area contributed by atoms with Crippen LogP contribution < -0.4 is 15.4 Å². The minimum atomic E-state index is -1.04. The molecule has 2 aromatic carbocycles. The van der Waals surface area contributed by atoms with Crippen LogP contribution in [0, 0.1) is 19.3 Å². The molecule has 0 aromatic heterocycles. The second-order valence-corrected chi connectivity index (χ2v) is 7.06. The molecule has 1 fully saturated rings. The van der Waals surface area contributed by atoms with Crippen LogP contribution in [0.15, 0.2) is 36.4 Å². The van der Waals surface area contributed by atoms with Gasteiger partial charge in [-0.05, 0) is 68.1 Å². The van der Waals surface area contributed by atoms with Crippen LogP contribution in [0.5, 0.6) is 5.75 Å². The van der Waals surface area contributed by atoms with E-state index in [4.69, 9.17) is 16.3 Å². The molecule has 2 amide bonds. The molecule has 0 spiro atoms. The van der Waals surface area contributed by atoms with E-state index < -0.39 is 5.41 Å². The van der Waals surface area contributed by atoms with E-state index in [0.29, 0.717) is 35.0 Å². The van der Waals surface area contributed by atoms with Gasteiger partial charge in [-0.1, -0.05) is 17.7 Å². The lowest BCUT2D eigenvalue weighted by molar-refractivity contribution is -0.131. The molecule has 0 heterocycles. The fourth-order valence-corrected chi connectivity index (χ4v) is 3.28. The number of ether oxygens (including phenoxy) is 1. The molecule has 6 heteroatoms. The predicted octanol–water partition coefficient (Wildman–Crippen LogP) is 4.32. The number of carbonyl (C=O) groups excluding carboxylic acids is 2. The maximum atomic E-state index is 12.8. The Kier molecular flexibility index (Phi) is 4.92. The third-order valence-corrected chi connectivity index (χ3v) is 4.94. The van der Waals surface area contributed by atoms with Gasteiger partial charge in [-0.2, -0.15) is 0 Å². The Hall–Kier alpha value is -2.53. The van der Waals surface area contributed by atoms with Gasteiger partial charge in [0.25, 0.3) is 0 Å². The van der Waals surface area contributed by atoms with Crippen molar-refractivity contribution >= 4 is 34.8 Å². The van der Waals surface area contributed by atoms with Crippen LogP contribution >= 0.6 is 11.6 Å². The molecule has 0 radical (unpaired) electrons. The van der Waals surface area contributed by atoms with Gasteiger partial charge in [0, 0.05) is 5.69 Å². The molecule has 5 nitrogen and oxygen atoms in total. The molecular weight excluding hydrogens is 352 g/mol. The number of amides is 2. The lowest BCUT2D eigenvalue weighted by atomic mass is 10.0. The molecule has 0 bridgehead atoms. The normalized spacial score (nSPS) is 14.5. The number of anilines is 2. The van der Waals surface area contributed by atoms with Crippen molar-refractivity contribution in [2.24, 2.45) is 5.41 Å². The first-order valence-corrected chi connectivity index (χ1v) is 8.77. The summed E-state index contributed by atoms with van der Waals surface area (Å²) < 4.78 is 5.10. The standard InChI is InChI=1S/C20H21ClN2O3/c1-12-10-13(2)17(16(21)11-12)23-19(25)20(8-9-20)18(24)22-14-4-6-15(26-3)7-5-14/h4-7,10-11H,8-9H2,1-3H3,(H,22,24)(H,23,25). The molecule has 2 N–H and O–H groups in total. The average molecular weight is 373 g/mol. The number of hydrogen-bond acceptors (Lipinski definition) is 3. The Bertz CT molecular complexity index is 835. The molecule has 1 aliphatic carbocycles. The summed E-state index contributed by atoms with van der Waals surface area (Å²) in [6, 6.07) is 10.7. The molecule has 0 aliphatic heterocycles. The van der Waals surface area contributed by atoms with E-state index >= 15 is 0 Å². The summed E-state index contributed by atoms with van der Waals surface area (Å²) in [6.45, 7) is 3.82. The quantitative estimate of drug-likeness (QED) is 0.768. The number of rotatable bonds is 5. The summed E-state index contributed by atoms with van der Waals surface area (Å²) in [5, 5.41) is 6.13. The van der Waals surface area contributed by atoms with Gasteiger partial charge in [0.15, 0.2) is 0 Å². The monoisotopic (exact) mass is 372 g/mol. The predicted molar refractivity (Wildman–Crippen MR) is 103 cm³/mol. The maximum absolute atomic E-state index is 12.8. The van der Waals surface area contributed by atoms with Crippen LogP contribution in [0.4, 0.5) is 11.4 Å². The molecule has 0 saturated heterocycles. The number of hydrogen-bond donors (Lipinski definition) is 2. The van der Waals surface area contributed by atoms with Crippen molar-refractivity contribution < 1.29 is 14.3 Å². The third kappa shape index (κ3) is 3.53. The van der Waals surface area contributed by atoms with E-state index in [0.717, 1.165) is 11.1 Å². The molecule has 0 atom stereocenters. The number of nitrogens with one attached hydrogen (secondary N) is 2. The number of carbonyl (C=O) groups is 2. The van der Waals surface area contributed by atoms with Crippen LogP contribution in [0.25, 0.3) is 0 Å². The number of halogens is 1. The van der Waals surface area contributed by atoms with Crippen molar-refractivity contribution in [3.05, 3.63) is 52.5 Å². The largest absolute Gasteiger partial charge is 0.497 e. The van der Waals surface area contributed by atoms with E-state index in [-0.39, 0.29) is 11.8 Å². The highest BCUT2D eigenvalue weighted by Crippen LogP contribution is 2.48. The first kappa shape index (κ1) is 18.3.